The Morgan fingerprint density at radius 2 is 2.14 bits per heavy atom. The third kappa shape index (κ3) is 2.80. The van der Waals surface area contributed by atoms with Crippen LogP contribution in [0.2, 0.25) is 0 Å². The largest absolute Gasteiger partial charge is 0.396 e. The normalized spacial score (nSPS) is 13.5. The minimum Gasteiger partial charge on any atom is -0.396 e. The lowest BCUT2D eigenvalue weighted by Gasteiger charge is -2.10. The topological polar surface area (TPSA) is 50.9 Å². The van der Waals surface area contributed by atoms with Gasteiger partial charge in [0.15, 0.2) is 0 Å². The van der Waals surface area contributed by atoms with Crippen LogP contribution in [0.5, 0.6) is 0 Å². The molecule has 0 bridgehead atoms. The van der Waals surface area contributed by atoms with Crippen molar-refractivity contribution in [2.45, 2.75) is 39.7 Å². The zero-order chi connectivity index (χ0) is 10.6. The van der Waals surface area contributed by atoms with Crippen LogP contribution in [-0.2, 0) is 6.42 Å². The van der Waals surface area contributed by atoms with Crippen LogP contribution < -0.4 is 0 Å². The molecule has 1 aromatic rings. The maximum atomic E-state index is 8.90. The van der Waals surface area contributed by atoms with Gasteiger partial charge in [0.05, 0.1) is 0 Å². The average Bonchev–Trinajstić information content (AvgIpc) is 2.62. The molecule has 1 aromatic heterocycles. The van der Waals surface area contributed by atoms with Gasteiger partial charge >= 0.3 is 0 Å². The summed E-state index contributed by atoms with van der Waals surface area (Å²) in [5.41, 5.74) is 0. The van der Waals surface area contributed by atoms with Crippen LogP contribution in [0.15, 0.2) is 6.33 Å². The van der Waals surface area contributed by atoms with Crippen LogP contribution in [0.4, 0.5) is 0 Å². The Labute approximate surface area is 85.0 Å². The second kappa shape index (κ2) is 5.10. The molecule has 0 aromatic carbocycles. The fraction of sp³-hybridized carbons (Fsp3) is 0.800. The number of aliphatic hydroxyl groups is 1. The molecule has 0 spiro atoms. The predicted octanol–water partition coefficient (Wildman–Crippen LogP) is 1.42. The van der Waals surface area contributed by atoms with Crippen LogP contribution in [0.1, 0.15) is 39.1 Å². The molecule has 1 N–H and O–H groups in total. The van der Waals surface area contributed by atoms with Gasteiger partial charge < -0.3 is 5.11 Å². The molecule has 1 heterocycles. The van der Waals surface area contributed by atoms with Gasteiger partial charge in [0, 0.05) is 19.1 Å². The maximum Gasteiger partial charge on any atom is 0.138 e. The smallest absolute Gasteiger partial charge is 0.138 e. The first-order chi connectivity index (χ1) is 6.65. The van der Waals surface area contributed by atoms with E-state index in [0.29, 0.717) is 12.0 Å². The maximum absolute atomic E-state index is 8.90. The Morgan fingerprint density at radius 1 is 1.43 bits per heavy atom. The standard InChI is InChI=1S/C10H19N3O/c1-8(2)13-10(11-7-12-13)5-4-9(3)6-14/h7-9,14H,4-6H2,1-3H3. The van der Waals surface area contributed by atoms with Crippen molar-refractivity contribution in [1.29, 1.82) is 0 Å². The van der Waals surface area contributed by atoms with Gasteiger partial charge in [-0.3, -0.25) is 0 Å². The van der Waals surface area contributed by atoms with Gasteiger partial charge in [0.25, 0.3) is 0 Å². The first-order valence-corrected chi connectivity index (χ1v) is 5.14. The molecular formula is C10H19N3O. The van der Waals surface area contributed by atoms with Crippen LogP contribution >= 0.6 is 0 Å². The van der Waals surface area contributed by atoms with Crippen molar-refractivity contribution in [1.82, 2.24) is 14.8 Å². The molecule has 0 saturated heterocycles. The molecule has 0 aliphatic rings. The molecule has 14 heavy (non-hydrogen) atoms. The lowest BCUT2D eigenvalue weighted by molar-refractivity contribution is 0.229. The highest BCUT2D eigenvalue weighted by Gasteiger charge is 2.08. The second-order valence-corrected chi connectivity index (χ2v) is 4.04. The van der Waals surface area contributed by atoms with Gasteiger partial charge in [0.1, 0.15) is 12.2 Å². The van der Waals surface area contributed by atoms with Gasteiger partial charge in [-0.15, -0.1) is 0 Å². The zero-order valence-electron chi connectivity index (χ0n) is 9.14. The van der Waals surface area contributed by atoms with Gasteiger partial charge in [-0.25, -0.2) is 9.67 Å². The second-order valence-electron chi connectivity index (χ2n) is 4.04. The minimum absolute atomic E-state index is 0.246. The van der Waals surface area contributed by atoms with Gasteiger partial charge in [-0.1, -0.05) is 6.92 Å². The molecule has 80 valence electrons. The van der Waals surface area contributed by atoms with Crippen molar-refractivity contribution in [3.8, 4) is 0 Å². The number of hydrogen-bond donors (Lipinski definition) is 1. The van der Waals surface area contributed by atoms with Crippen molar-refractivity contribution in [3.63, 3.8) is 0 Å². The minimum atomic E-state index is 0.246. The van der Waals surface area contributed by atoms with Crippen LogP contribution in [-0.4, -0.2) is 26.5 Å². The summed E-state index contributed by atoms with van der Waals surface area (Å²) >= 11 is 0. The first-order valence-electron chi connectivity index (χ1n) is 5.14. The Bertz CT molecular complexity index is 270. The monoisotopic (exact) mass is 197 g/mol. The summed E-state index contributed by atoms with van der Waals surface area (Å²) in [4.78, 5) is 4.21. The van der Waals surface area contributed by atoms with Crippen LogP contribution in [0.25, 0.3) is 0 Å². The van der Waals surface area contributed by atoms with E-state index in [2.05, 4.69) is 23.9 Å². The predicted molar refractivity (Wildman–Crippen MR) is 55.0 cm³/mol. The third-order valence-electron chi connectivity index (χ3n) is 2.31. The quantitative estimate of drug-likeness (QED) is 0.776. The highest BCUT2D eigenvalue weighted by atomic mass is 16.3. The van der Waals surface area contributed by atoms with E-state index >= 15 is 0 Å². The molecule has 0 saturated carbocycles. The molecule has 1 atom stereocenters. The summed E-state index contributed by atoms with van der Waals surface area (Å²) in [6.07, 6.45) is 3.45. The lowest BCUT2D eigenvalue weighted by atomic mass is 10.1. The van der Waals surface area contributed by atoms with E-state index in [-0.39, 0.29) is 6.61 Å². The van der Waals surface area contributed by atoms with Crippen molar-refractivity contribution in [3.05, 3.63) is 12.2 Å². The fourth-order valence-corrected chi connectivity index (χ4v) is 1.35. The summed E-state index contributed by atoms with van der Waals surface area (Å²) in [5, 5.41) is 13.1. The summed E-state index contributed by atoms with van der Waals surface area (Å²) in [6, 6.07) is 0.358. The van der Waals surface area contributed by atoms with E-state index in [1.807, 2.05) is 11.6 Å². The number of rotatable bonds is 5. The molecule has 4 heteroatoms. The number of aliphatic hydroxyl groups excluding tert-OH is 1. The van der Waals surface area contributed by atoms with E-state index in [1.54, 1.807) is 6.33 Å². The highest BCUT2D eigenvalue weighted by Crippen LogP contribution is 2.10. The summed E-state index contributed by atoms with van der Waals surface area (Å²) in [6.45, 7) is 6.47. The zero-order valence-corrected chi connectivity index (χ0v) is 9.14. The number of aryl methyl sites for hydroxylation is 1. The van der Waals surface area contributed by atoms with Crippen LogP contribution in [0.3, 0.4) is 0 Å². The van der Waals surface area contributed by atoms with Gasteiger partial charge in [-0.05, 0) is 26.2 Å². The number of aromatic nitrogens is 3. The Morgan fingerprint density at radius 3 is 2.71 bits per heavy atom. The van der Waals surface area contributed by atoms with E-state index < -0.39 is 0 Å². The first kappa shape index (κ1) is 11.2. The van der Waals surface area contributed by atoms with Crippen LogP contribution in [0, 0.1) is 5.92 Å². The Balaban J connectivity index is 2.54. The molecule has 1 unspecified atom stereocenters. The molecule has 0 fully saturated rings. The SMILES string of the molecule is CC(CO)CCc1ncnn1C(C)C. The molecule has 0 radical (unpaired) electrons. The summed E-state index contributed by atoms with van der Waals surface area (Å²) in [5.74, 6) is 1.35. The number of nitrogens with zero attached hydrogens (tertiary/aromatic N) is 3. The Hall–Kier alpha value is -0.900. The van der Waals surface area contributed by atoms with Crippen molar-refractivity contribution < 1.29 is 5.11 Å². The summed E-state index contributed by atoms with van der Waals surface area (Å²) in [7, 11) is 0. The molecule has 4 nitrogen and oxygen atoms in total. The Kier molecular flexibility index (Phi) is 4.07. The van der Waals surface area contributed by atoms with Crippen molar-refractivity contribution in [2.75, 3.05) is 6.61 Å². The fourth-order valence-electron chi connectivity index (χ4n) is 1.35. The van der Waals surface area contributed by atoms with Crippen molar-refractivity contribution >= 4 is 0 Å². The van der Waals surface area contributed by atoms with Crippen molar-refractivity contribution in [2.24, 2.45) is 5.92 Å². The third-order valence-corrected chi connectivity index (χ3v) is 2.31. The van der Waals surface area contributed by atoms with Gasteiger partial charge in [0.2, 0.25) is 0 Å². The molecule has 0 aliphatic carbocycles. The average molecular weight is 197 g/mol. The van der Waals surface area contributed by atoms with E-state index in [4.69, 9.17) is 5.11 Å². The van der Waals surface area contributed by atoms with E-state index in [0.717, 1.165) is 18.7 Å². The highest BCUT2D eigenvalue weighted by molar-refractivity contribution is 4.86. The number of hydrogen-bond acceptors (Lipinski definition) is 3. The molecular weight excluding hydrogens is 178 g/mol. The molecule has 0 amide bonds. The molecule has 1 rings (SSSR count). The molecule has 0 aliphatic heterocycles. The summed E-state index contributed by atoms with van der Waals surface area (Å²) < 4.78 is 1.93. The van der Waals surface area contributed by atoms with Gasteiger partial charge in [-0.2, -0.15) is 5.10 Å². The van der Waals surface area contributed by atoms with E-state index in [1.165, 1.54) is 0 Å². The van der Waals surface area contributed by atoms with E-state index in [9.17, 15) is 0 Å². The lowest BCUT2D eigenvalue weighted by Crippen LogP contribution is -2.10.